The van der Waals surface area contributed by atoms with E-state index in [4.69, 9.17) is 0 Å². The van der Waals surface area contributed by atoms with Crippen molar-refractivity contribution in [3.8, 4) is 0 Å². The second-order valence-corrected chi connectivity index (χ2v) is 5.71. The van der Waals surface area contributed by atoms with E-state index < -0.39 is 0 Å². The summed E-state index contributed by atoms with van der Waals surface area (Å²) >= 11 is 0. The van der Waals surface area contributed by atoms with Gasteiger partial charge in [0.1, 0.15) is 0 Å². The van der Waals surface area contributed by atoms with Crippen LogP contribution in [0.4, 0.5) is 0 Å². The minimum absolute atomic E-state index is 0.0484. The number of hydrogen-bond acceptors (Lipinski definition) is 2. The van der Waals surface area contributed by atoms with Crippen molar-refractivity contribution in [1.82, 2.24) is 4.90 Å². The molecule has 1 heterocycles. The lowest BCUT2D eigenvalue weighted by molar-refractivity contribution is 0.0973. The average molecular weight is 263 g/mol. The number of rotatable bonds is 4. The van der Waals surface area contributed by atoms with Gasteiger partial charge in [-0.15, -0.1) is 0 Å². The van der Waals surface area contributed by atoms with Gasteiger partial charge in [0.05, 0.1) is 12.1 Å². The van der Waals surface area contributed by atoms with Crippen LogP contribution in [0.15, 0.2) is 60.7 Å². The first kappa shape index (κ1) is 11.9. The number of ketones is 1. The molecule has 2 aromatic rings. The Labute approximate surface area is 119 Å². The van der Waals surface area contributed by atoms with E-state index in [1.165, 1.54) is 18.4 Å². The Kier molecular flexibility index (Phi) is 2.71. The molecular weight excluding hydrogens is 246 g/mol. The van der Waals surface area contributed by atoms with Crippen LogP contribution in [0.5, 0.6) is 0 Å². The maximum Gasteiger partial charge on any atom is 0.181 e. The highest BCUT2D eigenvalue weighted by molar-refractivity contribution is 6.02. The third-order valence-corrected chi connectivity index (χ3v) is 4.29. The first-order valence-electron chi connectivity index (χ1n) is 7.28. The number of carbonyl (C=O) groups is 1. The van der Waals surface area contributed by atoms with E-state index in [9.17, 15) is 4.79 Å². The third-order valence-electron chi connectivity index (χ3n) is 4.29. The number of Topliss-reactive ketones (excluding diaryl/α,β-unsaturated/α-hetero) is 1. The second-order valence-electron chi connectivity index (χ2n) is 5.71. The van der Waals surface area contributed by atoms with Crippen LogP contribution in [0, 0.1) is 0 Å². The topological polar surface area (TPSA) is 20.1 Å². The summed E-state index contributed by atoms with van der Waals surface area (Å²) in [6, 6.07) is 21.1. The zero-order valence-corrected chi connectivity index (χ0v) is 11.3. The molecule has 1 aliphatic carbocycles. The van der Waals surface area contributed by atoms with Gasteiger partial charge in [-0.25, -0.2) is 0 Å². The molecule has 2 heteroatoms. The average Bonchev–Trinajstić information content (AvgIpc) is 3.39. The molecule has 20 heavy (non-hydrogen) atoms. The standard InChI is InChI=1S/C18H17NO/c20-18(14-9-5-2-6-10-14)17-16(19(17)15-11-12-15)13-7-3-1-4-8-13/h1-10,15-17H,11-12H2. The fourth-order valence-corrected chi connectivity index (χ4v) is 3.13. The van der Waals surface area contributed by atoms with E-state index in [2.05, 4.69) is 29.2 Å². The Bertz CT molecular complexity index is 618. The van der Waals surface area contributed by atoms with Crippen molar-refractivity contribution in [3.05, 3.63) is 71.8 Å². The molecule has 1 saturated heterocycles. The summed E-state index contributed by atoms with van der Waals surface area (Å²) in [5.74, 6) is 0.270. The summed E-state index contributed by atoms with van der Waals surface area (Å²) < 4.78 is 0. The minimum atomic E-state index is 0.0484. The van der Waals surface area contributed by atoms with Gasteiger partial charge in [0.2, 0.25) is 0 Å². The predicted octanol–water partition coefficient (Wildman–Crippen LogP) is 3.46. The first-order chi connectivity index (χ1) is 9.86. The molecule has 2 nitrogen and oxygen atoms in total. The smallest absolute Gasteiger partial charge is 0.181 e. The second kappa shape index (κ2) is 4.57. The van der Waals surface area contributed by atoms with E-state index in [-0.39, 0.29) is 17.9 Å². The largest absolute Gasteiger partial charge is 0.292 e. The van der Waals surface area contributed by atoms with Gasteiger partial charge in [-0.3, -0.25) is 9.69 Å². The number of carbonyl (C=O) groups excluding carboxylic acids is 1. The van der Waals surface area contributed by atoms with Crippen molar-refractivity contribution in [2.75, 3.05) is 0 Å². The maximum atomic E-state index is 12.7. The summed E-state index contributed by atoms with van der Waals surface area (Å²) in [6.45, 7) is 0. The van der Waals surface area contributed by atoms with Gasteiger partial charge in [0, 0.05) is 11.6 Å². The molecule has 4 rings (SSSR count). The fraction of sp³-hybridized carbons (Fsp3) is 0.278. The van der Waals surface area contributed by atoms with Crippen LogP contribution >= 0.6 is 0 Å². The Morgan fingerprint density at radius 2 is 1.50 bits per heavy atom. The van der Waals surface area contributed by atoms with E-state index in [1.807, 2.05) is 36.4 Å². The zero-order valence-electron chi connectivity index (χ0n) is 11.3. The van der Waals surface area contributed by atoms with Crippen molar-refractivity contribution >= 4 is 5.78 Å². The van der Waals surface area contributed by atoms with E-state index in [0.717, 1.165) is 5.56 Å². The predicted molar refractivity (Wildman–Crippen MR) is 78.6 cm³/mol. The molecule has 1 saturated carbocycles. The molecule has 0 bridgehead atoms. The highest BCUT2D eigenvalue weighted by atomic mass is 16.1. The van der Waals surface area contributed by atoms with Crippen molar-refractivity contribution < 1.29 is 4.79 Å². The lowest BCUT2D eigenvalue weighted by Crippen LogP contribution is -2.14. The quantitative estimate of drug-likeness (QED) is 0.622. The lowest BCUT2D eigenvalue weighted by Gasteiger charge is -2.00. The third kappa shape index (κ3) is 1.97. The van der Waals surface area contributed by atoms with Gasteiger partial charge in [-0.05, 0) is 18.4 Å². The van der Waals surface area contributed by atoms with E-state index in [0.29, 0.717) is 6.04 Å². The van der Waals surface area contributed by atoms with Crippen molar-refractivity contribution in [2.45, 2.75) is 31.0 Å². The van der Waals surface area contributed by atoms with Gasteiger partial charge in [-0.1, -0.05) is 60.7 Å². The highest BCUT2D eigenvalue weighted by Crippen LogP contribution is 2.51. The number of hydrogen-bond donors (Lipinski definition) is 0. The lowest BCUT2D eigenvalue weighted by atomic mass is 10.0. The van der Waals surface area contributed by atoms with Gasteiger partial charge in [0.25, 0.3) is 0 Å². The molecule has 0 radical (unpaired) electrons. The molecule has 3 unspecified atom stereocenters. The van der Waals surface area contributed by atoms with Gasteiger partial charge < -0.3 is 0 Å². The Morgan fingerprint density at radius 3 is 2.10 bits per heavy atom. The van der Waals surface area contributed by atoms with Crippen LogP contribution in [-0.2, 0) is 0 Å². The van der Waals surface area contributed by atoms with Crippen LogP contribution in [0.2, 0.25) is 0 Å². The first-order valence-corrected chi connectivity index (χ1v) is 7.28. The molecule has 100 valence electrons. The van der Waals surface area contributed by atoms with E-state index in [1.54, 1.807) is 0 Å². The molecular formula is C18H17NO. The molecule has 2 aliphatic rings. The van der Waals surface area contributed by atoms with Crippen molar-refractivity contribution in [1.29, 1.82) is 0 Å². The maximum absolute atomic E-state index is 12.7. The summed E-state index contributed by atoms with van der Waals surface area (Å²) in [5, 5.41) is 0. The Hall–Kier alpha value is -1.93. The number of benzene rings is 2. The summed E-state index contributed by atoms with van der Waals surface area (Å²) in [7, 11) is 0. The van der Waals surface area contributed by atoms with Crippen molar-refractivity contribution in [2.24, 2.45) is 0 Å². The minimum Gasteiger partial charge on any atom is -0.292 e. The summed E-state index contributed by atoms with van der Waals surface area (Å²) in [6.07, 6.45) is 2.48. The zero-order chi connectivity index (χ0) is 13.5. The SMILES string of the molecule is O=C(c1ccccc1)C1C(c2ccccc2)N1C1CC1. The molecule has 2 fully saturated rings. The summed E-state index contributed by atoms with van der Waals surface area (Å²) in [4.78, 5) is 15.1. The van der Waals surface area contributed by atoms with E-state index >= 15 is 0 Å². The molecule has 0 N–H and O–H groups in total. The molecule has 1 aliphatic heterocycles. The van der Waals surface area contributed by atoms with Crippen molar-refractivity contribution in [3.63, 3.8) is 0 Å². The fourth-order valence-electron chi connectivity index (χ4n) is 3.13. The van der Waals surface area contributed by atoms with Gasteiger partial charge in [-0.2, -0.15) is 0 Å². The Morgan fingerprint density at radius 1 is 0.900 bits per heavy atom. The van der Waals surface area contributed by atoms with Gasteiger partial charge in [0.15, 0.2) is 5.78 Å². The molecule has 0 aromatic heterocycles. The van der Waals surface area contributed by atoms with Crippen LogP contribution in [0.3, 0.4) is 0 Å². The van der Waals surface area contributed by atoms with Crippen LogP contribution in [0.1, 0.15) is 34.8 Å². The molecule has 0 amide bonds. The van der Waals surface area contributed by atoms with Crippen LogP contribution < -0.4 is 0 Å². The van der Waals surface area contributed by atoms with Crippen LogP contribution in [0.25, 0.3) is 0 Å². The molecule has 0 spiro atoms. The van der Waals surface area contributed by atoms with Crippen LogP contribution in [-0.4, -0.2) is 22.8 Å². The molecule has 2 aromatic carbocycles. The number of nitrogens with zero attached hydrogens (tertiary/aromatic N) is 1. The monoisotopic (exact) mass is 263 g/mol. The normalized spacial score (nSPS) is 28.1. The molecule has 3 atom stereocenters. The Balaban J connectivity index is 1.62. The summed E-state index contributed by atoms with van der Waals surface area (Å²) in [5.41, 5.74) is 2.11. The highest BCUT2D eigenvalue weighted by Gasteiger charge is 2.58. The van der Waals surface area contributed by atoms with Gasteiger partial charge >= 0.3 is 0 Å².